The Morgan fingerprint density at radius 3 is 2.48 bits per heavy atom. The number of aryl methyl sites for hydroxylation is 1. The van der Waals surface area contributed by atoms with Crippen LogP contribution in [0.25, 0.3) is 10.6 Å². The lowest BCUT2D eigenvalue weighted by atomic mass is 9.98. The SMILES string of the molecule is COC(C)(C)CCOC(C)(C)C(=O)CCC(=O)Oc1ccccc1N1C(=O)c2cc(F)ccc2N(C)C1c1ccc(-c2csc(C)n2)s1. The molecule has 0 aliphatic carbocycles. The molecule has 1 unspecified atom stereocenters. The van der Waals surface area contributed by atoms with Gasteiger partial charge in [-0.25, -0.2) is 9.37 Å². The molecule has 4 aromatic rings. The summed E-state index contributed by atoms with van der Waals surface area (Å²) in [6.45, 7) is 9.51. The molecule has 9 nitrogen and oxygen atoms in total. The molecule has 0 spiro atoms. The first kappa shape index (κ1) is 35.3. The summed E-state index contributed by atoms with van der Waals surface area (Å²) >= 11 is 3.06. The lowest BCUT2D eigenvalue weighted by Crippen LogP contribution is -2.48. The number of carbonyl (C=O) groups is 3. The van der Waals surface area contributed by atoms with Gasteiger partial charge in [0.15, 0.2) is 11.5 Å². The highest BCUT2D eigenvalue weighted by Crippen LogP contribution is 2.46. The molecule has 0 saturated carbocycles. The van der Waals surface area contributed by atoms with Gasteiger partial charge in [0.1, 0.15) is 17.6 Å². The van der Waals surface area contributed by atoms with Crippen molar-refractivity contribution >= 4 is 51.7 Å². The second-order valence-corrected chi connectivity index (χ2v) is 14.9. The first-order valence-electron chi connectivity index (χ1n) is 15.6. The van der Waals surface area contributed by atoms with Gasteiger partial charge in [0.25, 0.3) is 5.91 Å². The van der Waals surface area contributed by atoms with Crippen LogP contribution in [0.2, 0.25) is 0 Å². The number of hydrogen-bond donors (Lipinski definition) is 0. The van der Waals surface area contributed by atoms with E-state index < -0.39 is 29.5 Å². The molecule has 0 saturated heterocycles. The molecule has 2 aromatic carbocycles. The average molecular weight is 694 g/mol. The maximum Gasteiger partial charge on any atom is 0.311 e. The second kappa shape index (κ2) is 14.3. The van der Waals surface area contributed by atoms with E-state index in [4.69, 9.17) is 14.2 Å². The fraction of sp³-hybridized carbons (Fsp3) is 0.389. The number of benzene rings is 2. The van der Waals surface area contributed by atoms with Crippen LogP contribution >= 0.6 is 22.7 Å². The van der Waals surface area contributed by atoms with Gasteiger partial charge in [-0.3, -0.25) is 19.3 Å². The van der Waals surface area contributed by atoms with Crippen molar-refractivity contribution in [1.82, 2.24) is 4.98 Å². The quantitative estimate of drug-likeness (QED) is 0.103. The first-order valence-corrected chi connectivity index (χ1v) is 17.3. The molecule has 48 heavy (non-hydrogen) atoms. The number of ketones is 1. The number of rotatable bonds is 13. The van der Waals surface area contributed by atoms with Crippen LogP contribution in [-0.4, -0.2) is 54.6 Å². The van der Waals surface area contributed by atoms with Gasteiger partial charge in [0, 0.05) is 30.8 Å². The fourth-order valence-corrected chi connectivity index (χ4v) is 7.16. The Morgan fingerprint density at radius 1 is 1.02 bits per heavy atom. The van der Waals surface area contributed by atoms with Gasteiger partial charge >= 0.3 is 5.97 Å². The van der Waals surface area contributed by atoms with Crippen LogP contribution in [0.4, 0.5) is 15.8 Å². The molecule has 1 amide bonds. The third-order valence-corrected chi connectivity index (χ3v) is 10.4. The molecule has 1 aliphatic heterocycles. The lowest BCUT2D eigenvalue weighted by molar-refractivity contribution is -0.145. The number of fused-ring (bicyclic) bond motifs is 1. The van der Waals surface area contributed by atoms with E-state index in [-0.39, 0.29) is 35.5 Å². The van der Waals surface area contributed by atoms with Crippen molar-refractivity contribution in [2.45, 2.75) is 71.2 Å². The molecule has 254 valence electrons. The minimum atomic E-state index is -1.10. The second-order valence-electron chi connectivity index (χ2n) is 12.7. The Balaban J connectivity index is 1.39. The van der Waals surface area contributed by atoms with Crippen molar-refractivity contribution < 1.29 is 33.0 Å². The molecule has 1 atom stereocenters. The summed E-state index contributed by atoms with van der Waals surface area (Å²) in [5.74, 6) is -1.71. The number of Topliss-reactive ketones (excluding diaryl/α,β-unsaturated/α-hetero) is 1. The molecule has 12 heteroatoms. The van der Waals surface area contributed by atoms with Crippen LogP contribution in [0.5, 0.6) is 5.75 Å². The number of nitrogens with zero attached hydrogens (tertiary/aromatic N) is 3. The van der Waals surface area contributed by atoms with Gasteiger partial charge in [0.05, 0.1) is 51.1 Å². The molecule has 0 bridgehead atoms. The van der Waals surface area contributed by atoms with Crippen molar-refractivity contribution in [3.8, 4) is 16.3 Å². The Kier molecular flexibility index (Phi) is 10.5. The van der Waals surface area contributed by atoms with Gasteiger partial charge < -0.3 is 19.1 Å². The van der Waals surface area contributed by atoms with E-state index in [1.54, 1.807) is 62.6 Å². The zero-order valence-corrected chi connectivity index (χ0v) is 29.8. The Labute approximate surface area is 288 Å². The molecule has 2 aromatic heterocycles. The molecular formula is C36H40FN3O6S2. The molecule has 5 rings (SSSR count). The van der Waals surface area contributed by atoms with E-state index in [1.165, 1.54) is 28.4 Å². The normalized spacial score (nSPS) is 15.1. The van der Waals surface area contributed by atoms with E-state index in [0.717, 1.165) is 20.5 Å². The number of esters is 1. The number of hydrogen-bond acceptors (Lipinski definition) is 10. The number of carbonyl (C=O) groups excluding carboxylic acids is 3. The summed E-state index contributed by atoms with van der Waals surface area (Å²) in [7, 11) is 3.47. The molecule has 3 heterocycles. The third kappa shape index (κ3) is 7.67. The summed E-state index contributed by atoms with van der Waals surface area (Å²) < 4.78 is 31.6. The smallest absolute Gasteiger partial charge is 0.311 e. The Morgan fingerprint density at radius 2 is 1.77 bits per heavy atom. The van der Waals surface area contributed by atoms with E-state index in [9.17, 15) is 18.8 Å². The van der Waals surface area contributed by atoms with Gasteiger partial charge in [-0.05, 0) is 83.5 Å². The number of thiophene rings is 1. The predicted molar refractivity (Wildman–Crippen MR) is 187 cm³/mol. The summed E-state index contributed by atoms with van der Waals surface area (Å²) in [6, 6.07) is 14.8. The topological polar surface area (TPSA) is 98.3 Å². The standard InChI is InChI=1S/C36H40FN3O6S2/c1-22-38-25(21-47-22)29-14-15-30(48-29)33-39(6)26-13-12-23(37)20-24(26)34(43)40(33)27-10-8-9-11-28(27)46-32(42)17-16-31(41)36(4,5)45-19-18-35(2,3)44-7/h8-15,20-21,33H,16-19H2,1-7H3. The van der Waals surface area contributed by atoms with Crippen molar-refractivity contribution in [3.05, 3.63) is 81.2 Å². The van der Waals surface area contributed by atoms with Crippen LogP contribution in [0, 0.1) is 12.7 Å². The highest BCUT2D eigenvalue weighted by molar-refractivity contribution is 7.16. The van der Waals surface area contributed by atoms with E-state index in [0.29, 0.717) is 24.4 Å². The summed E-state index contributed by atoms with van der Waals surface area (Å²) in [5, 5.41) is 2.94. The van der Waals surface area contributed by atoms with E-state index in [2.05, 4.69) is 4.98 Å². The third-order valence-electron chi connectivity index (χ3n) is 8.45. The Hall–Kier alpha value is -3.97. The average Bonchev–Trinajstić information content (AvgIpc) is 3.71. The predicted octanol–water partition coefficient (Wildman–Crippen LogP) is 7.98. The number of thiazole rings is 1. The molecular weight excluding hydrogens is 654 g/mol. The molecule has 0 N–H and O–H groups in total. The number of anilines is 2. The minimum absolute atomic E-state index is 0.0869. The zero-order chi connectivity index (χ0) is 34.8. The van der Waals surface area contributed by atoms with Crippen LogP contribution in [0.15, 0.2) is 60.0 Å². The largest absolute Gasteiger partial charge is 0.424 e. The highest BCUT2D eigenvalue weighted by Gasteiger charge is 2.40. The summed E-state index contributed by atoms with van der Waals surface area (Å²) in [6.07, 6.45) is -0.317. The number of methoxy groups -OCH3 is 1. The summed E-state index contributed by atoms with van der Waals surface area (Å²) in [5.41, 5.74) is 0.456. The van der Waals surface area contributed by atoms with E-state index >= 15 is 0 Å². The first-order chi connectivity index (χ1) is 22.7. The van der Waals surface area contributed by atoms with E-state index in [1.807, 2.05) is 50.2 Å². The molecule has 0 radical (unpaired) electrons. The maximum absolute atomic E-state index is 14.5. The Bertz CT molecular complexity index is 1820. The fourth-order valence-electron chi connectivity index (χ4n) is 5.37. The monoisotopic (exact) mass is 693 g/mol. The minimum Gasteiger partial charge on any atom is -0.424 e. The maximum atomic E-state index is 14.5. The van der Waals surface area contributed by atoms with Crippen molar-refractivity contribution in [2.75, 3.05) is 30.6 Å². The number of para-hydroxylation sites is 2. The van der Waals surface area contributed by atoms with Gasteiger partial charge in [-0.1, -0.05) is 12.1 Å². The number of aromatic nitrogens is 1. The van der Waals surface area contributed by atoms with Crippen LogP contribution in [0.1, 0.15) is 73.4 Å². The van der Waals surface area contributed by atoms with Crippen LogP contribution < -0.4 is 14.5 Å². The van der Waals surface area contributed by atoms with Gasteiger partial charge in [-0.2, -0.15) is 0 Å². The van der Waals surface area contributed by atoms with Gasteiger partial charge in [-0.15, -0.1) is 22.7 Å². The van der Waals surface area contributed by atoms with Crippen LogP contribution in [-0.2, 0) is 19.1 Å². The van der Waals surface area contributed by atoms with Gasteiger partial charge in [0.2, 0.25) is 0 Å². The van der Waals surface area contributed by atoms with Crippen LogP contribution in [0.3, 0.4) is 0 Å². The number of amides is 1. The molecule has 0 fully saturated rings. The molecule has 1 aliphatic rings. The number of ether oxygens (including phenoxy) is 3. The number of halogens is 1. The van der Waals surface area contributed by atoms with Crippen molar-refractivity contribution in [1.29, 1.82) is 0 Å². The summed E-state index contributed by atoms with van der Waals surface area (Å²) in [4.78, 5) is 50.3. The van der Waals surface area contributed by atoms with Crippen molar-refractivity contribution in [3.63, 3.8) is 0 Å². The zero-order valence-electron chi connectivity index (χ0n) is 28.2. The highest BCUT2D eigenvalue weighted by atomic mass is 32.1. The van der Waals surface area contributed by atoms with Crippen molar-refractivity contribution in [2.24, 2.45) is 0 Å². The lowest BCUT2D eigenvalue weighted by Gasteiger charge is -2.43.